The average molecular weight is 197 g/mol. The van der Waals surface area contributed by atoms with Gasteiger partial charge in [0.25, 0.3) is 0 Å². The molecule has 82 valence electrons. The van der Waals surface area contributed by atoms with Crippen molar-refractivity contribution in [2.75, 3.05) is 0 Å². The van der Waals surface area contributed by atoms with Gasteiger partial charge in [-0.05, 0) is 31.6 Å². The lowest BCUT2D eigenvalue weighted by molar-refractivity contribution is 0.0697. The van der Waals surface area contributed by atoms with Crippen LogP contribution >= 0.6 is 0 Å². The molecule has 0 saturated heterocycles. The fraction of sp³-hybridized carbons (Fsp3) is 1.00. The Bertz CT molecular complexity index is 179. The SMILES string of the molecule is CC(O)NC1CCCC2CCCCC21. The third-order valence-corrected chi connectivity index (χ3v) is 4.03. The molecule has 0 aliphatic heterocycles. The lowest BCUT2D eigenvalue weighted by Gasteiger charge is -2.42. The van der Waals surface area contributed by atoms with Gasteiger partial charge >= 0.3 is 0 Å². The van der Waals surface area contributed by atoms with Crippen LogP contribution in [0.3, 0.4) is 0 Å². The third-order valence-electron chi connectivity index (χ3n) is 4.03. The Balaban J connectivity index is 1.94. The largest absolute Gasteiger partial charge is 0.379 e. The van der Waals surface area contributed by atoms with Gasteiger partial charge < -0.3 is 5.11 Å². The minimum atomic E-state index is -0.333. The zero-order valence-electron chi connectivity index (χ0n) is 9.21. The Hall–Kier alpha value is -0.0800. The van der Waals surface area contributed by atoms with Crippen LogP contribution in [0.15, 0.2) is 0 Å². The van der Waals surface area contributed by atoms with Gasteiger partial charge in [0, 0.05) is 6.04 Å². The lowest BCUT2D eigenvalue weighted by atomic mass is 9.68. The normalized spacial score (nSPS) is 40.3. The van der Waals surface area contributed by atoms with Gasteiger partial charge in [0.15, 0.2) is 0 Å². The van der Waals surface area contributed by atoms with E-state index < -0.39 is 0 Å². The van der Waals surface area contributed by atoms with Crippen LogP contribution in [-0.4, -0.2) is 17.4 Å². The predicted molar refractivity (Wildman–Crippen MR) is 57.9 cm³/mol. The Morgan fingerprint density at radius 2 is 1.79 bits per heavy atom. The molecule has 2 fully saturated rings. The molecule has 0 spiro atoms. The molecule has 0 aromatic carbocycles. The highest BCUT2D eigenvalue weighted by atomic mass is 16.3. The van der Waals surface area contributed by atoms with Gasteiger partial charge in [-0.15, -0.1) is 0 Å². The number of aliphatic hydroxyl groups excluding tert-OH is 1. The molecule has 2 nitrogen and oxygen atoms in total. The minimum absolute atomic E-state index is 0.333. The van der Waals surface area contributed by atoms with E-state index in [1.807, 2.05) is 6.92 Å². The van der Waals surface area contributed by atoms with Gasteiger partial charge in [-0.2, -0.15) is 0 Å². The van der Waals surface area contributed by atoms with Crippen LogP contribution < -0.4 is 5.32 Å². The van der Waals surface area contributed by atoms with E-state index >= 15 is 0 Å². The van der Waals surface area contributed by atoms with Gasteiger partial charge in [-0.25, -0.2) is 0 Å². The van der Waals surface area contributed by atoms with E-state index in [0.29, 0.717) is 6.04 Å². The molecule has 0 aromatic rings. The molecule has 2 aliphatic rings. The van der Waals surface area contributed by atoms with Crippen molar-refractivity contribution in [1.82, 2.24) is 5.32 Å². The highest BCUT2D eigenvalue weighted by molar-refractivity contribution is 4.89. The summed E-state index contributed by atoms with van der Waals surface area (Å²) in [5.74, 6) is 1.81. The van der Waals surface area contributed by atoms with Crippen LogP contribution in [-0.2, 0) is 0 Å². The van der Waals surface area contributed by atoms with E-state index in [-0.39, 0.29) is 6.23 Å². The fourth-order valence-corrected chi connectivity index (χ4v) is 3.46. The van der Waals surface area contributed by atoms with Crippen molar-refractivity contribution in [3.05, 3.63) is 0 Å². The highest BCUT2D eigenvalue weighted by Gasteiger charge is 2.34. The molecule has 0 amide bonds. The summed E-state index contributed by atoms with van der Waals surface area (Å²) >= 11 is 0. The lowest BCUT2D eigenvalue weighted by Crippen LogP contribution is -2.47. The Morgan fingerprint density at radius 1 is 1.07 bits per heavy atom. The van der Waals surface area contributed by atoms with Crippen molar-refractivity contribution in [3.8, 4) is 0 Å². The molecular formula is C12H23NO. The molecular weight excluding hydrogens is 174 g/mol. The van der Waals surface area contributed by atoms with Crippen LogP contribution in [0.4, 0.5) is 0 Å². The summed E-state index contributed by atoms with van der Waals surface area (Å²) in [5, 5.41) is 12.7. The third kappa shape index (κ3) is 2.29. The van der Waals surface area contributed by atoms with Gasteiger partial charge in [-0.3, -0.25) is 5.32 Å². The van der Waals surface area contributed by atoms with Gasteiger partial charge in [-0.1, -0.05) is 32.1 Å². The van der Waals surface area contributed by atoms with Gasteiger partial charge in [0.1, 0.15) is 6.23 Å². The molecule has 0 radical (unpaired) electrons. The second kappa shape index (κ2) is 4.63. The van der Waals surface area contributed by atoms with Crippen LogP contribution in [0.25, 0.3) is 0 Å². The molecule has 0 heterocycles. The second-order valence-corrected chi connectivity index (χ2v) is 5.09. The molecule has 0 bridgehead atoms. The summed E-state index contributed by atoms with van der Waals surface area (Å²) in [4.78, 5) is 0. The molecule has 2 saturated carbocycles. The van der Waals surface area contributed by atoms with Crippen molar-refractivity contribution in [1.29, 1.82) is 0 Å². The molecule has 2 rings (SSSR count). The first-order valence-electron chi connectivity index (χ1n) is 6.21. The van der Waals surface area contributed by atoms with E-state index in [9.17, 15) is 5.11 Å². The number of rotatable bonds is 2. The van der Waals surface area contributed by atoms with Crippen molar-refractivity contribution in [2.45, 2.75) is 64.1 Å². The summed E-state index contributed by atoms with van der Waals surface area (Å²) in [6.07, 6.45) is 9.38. The van der Waals surface area contributed by atoms with Gasteiger partial charge in [0.05, 0.1) is 0 Å². The van der Waals surface area contributed by atoms with Crippen molar-refractivity contribution < 1.29 is 5.11 Å². The van der Waals surface area contributed by atoms with Crippen LogP contribution in [0.2, 0.25) is 0 Å². The number of aliphatic hydroxyl groups is 1. The molecule has 2 heteroatoms. The summed E-state index contributed by atoms with van der Waals surface area (Å²) < 4.78 is 0. The monoisotopic (exact) mass is 197 g/mol. The Kier molecular flexibility index (Phi) is 3.45. The standard InChI is InChI=1S/C12H23NO/c1-9(14)13-12-8-4-6-10-5-2-3-7-11(10)12/h9-14H,2-8H2,1H3. The van der Waals surface area contributed by atoms with Crippen molar-refractivity contribution >= 4 is 0 Å². The van der Waals surface area contributed by atoms with Gasteiger partial charge in [0.2, 0.25) is 0 Å². The van der Waals surface area contributed by atoms with Crippen molar-refractivity contribution in [3.63, 3.8) is 0 Å². The van der Waals surface area contributed by atoms with E-state index in [0.717, 1.165) is 11.8 Å². The topological polar surface area (TPSA) is 32.3 Å². The van der Waals surface area contributed by atoms with Crippen LogP contribution in [0, 0.1) is 11.8 Å². The zero-order valence-corrected chi connectivity index (χ0v) is 9.21. The van der Waals surface area contributed by atoms with Crippen LogP contribution in [0.5, 0.6) is 0 Å². The second-order valence-electron chi connectivity index (χ2n) is 5.09. The minimum Gasteiger partial charge on any atom is -0.379 e. The summed E-state index contributed by atoms with van der Waals surface area (Å²) in [5.41, 5.74) is 0. The molecule has 0 aromatic heterocycles. The summed E-state index contributed by atoms with van der Waals surface area (Å²) in [7, 11) is 0. The first-order chi connectivity index (χ1) is 6.77. The summed E-state index contributed by atoms with van der Waals surface area (Å²) in [6, 6.07) is 0.592. The Labute approximate surface area is 87.1 Å². The predicted octanol–water partition coefficient (Wildman–Crippen LogP) is 2.27. The zero-order chi connectivity index (χ0) is 9.97. The first-order valence-corrected chi connectivity index (χ1v) is 6.21. The molecule has 14 heavy (non-hydrogen) atoms. The van der Waals surface area contributed by atoms with E-state index in [4.69, 9.17) is 0 Å². The van der Waals surface area contributed by atoms with E-state index in [2.05, 4.69) is 5.32 Å². The number of fused-ring (bicyclic) bond motifs is 1. The quantitative estimate of drug-likeness (QED) is 0.666. The summed E-state index contributed by atoms with van der Waals surface area (Å²) in [6.45, 7) is 1.84. The van der Waals surface area contributed by atoms with E-state index in [1.165, 1.54) is 44.9 Å². The maximum Gasteiger partial charge on any atom is 0.102 e. The van der Waals surface area contributed by atoms with Crippen LogP contribution in [0.1, 0.15) is 51.9 Å². The average Bonchev–Trinajstić information content (AvgIpc) is 2.18. The number of hydrogen-bond acceptors (Lipinski definition) is 2. The first kappa shape index (κ1) is 10.4. The van der Waals surface area contributed by atoms with Crippen molar-refractivity contribution in [2.24, 2.45) is 11.8 Å². The molecule has 4 atom stereocenters. The highest BCUT2D eigenvalue weighted by Crippen LogP contribution is 2.40. The molecule has 4 unspecified atom stereocenters. The smallest absolute Gasteiger partial charge is 0.102 e. The fourth-order valence-electron chi connectivity index (χ4n) is 3.46. The Morgan fingerprint density at radius 3 is 2.57 bits per heavy atom. The number of hydrogen-bond donors (Lipinski definition) is 2. The molecule has 2 aliphatic carbocycles. The number of nitrogens with one attached hydrogen (secondary N) is 1. The molecule has 2 N–H and O–H groups in total. The maximum atomic E-state index is 9.38. The van der Waals surface area contributed by atoms with E-state index in [1.54, 1.807) is 0 Å². The maximum absolute atomic E-state index is 9.38.